The first kappa shape index (κ1) is 19.5. The molecule has 0 aliphatic heterocycles. The molecule has 1 aliphatic rings. The molecule has 1 heterocycles. The molecular weight excluding hydrogens is 395 g/mol. The van der Waals surface area contributed by atoms with Crippen molar-refractivity contribution in [3.8, 4) is 0 Å². The minimum absolute atomic E-state index is 0.00155. The Balaban J connectivity index is 1.62. The molecule has 9 heteroatoms. The second kappa shape index (κ2) is 8.65. The molecule has 0 bridgehead atoms. The second-order valence-corrected chi connectivity index (χ2v) is 9.05. The molecule has 1 saturated carbocycles. The molecule has 1 fully saturated rings. The van der Waals surface area contributed by atoms with E-state index in [1.807, 2.05) is 0 Å². The van der Waals surface area contributed by atoms with Crippen molar-refractivity contribution in [2.75, 3.05) is 16.6 Å². The number of thiazole rings is 1. The molecule has 1 aliphatic carbocycles. The van der Waals surface area contributed by atoms with Crippen molar-refractivity contribution in [2.45, 2.75) is 49.0 Å². The van der Waals surface area contributed by atoms with Crippen LogP contribution in [0.15, 0.2) is 28.6 Å². The summed E-state index contributed by atoms with van der Waals surface area (Å²) in [5.74, 6) is -0.584. The van der Waals surface area contributed by atoms with Gasteiger partial charge >= 0.3 is 0 Å². The molecule has 4 N–H and O–H groups in total. The Morgan fingerprint density at radius 3 is 2.81 bits per heavy atom. The van der Waals surface area contributed by atoms with Gasteiger partial charge in [0.1, 0.15) is 5.82 Å². The van der Waals surface area contributed by atoms with E-state index < -0.39 is 16.8 Å². The fourth-order valence-electron chi connectivity index (χ4n) is 3.17. The summed E-state index contributed by atoms with van der Waals surface area (Å²) in [4.78, 5) is 3.98. The molecule has 1 unspecified atom stereocenters. The zero-order chi connectivity index (χ0) is 18.6. The third-order valence-corrected chi connectivity index (χ3v) is 6.84. The summed E-state index contributed by atoms with van der Waals surface area (Å²) in [5.41, 5.74) is 6.76. The number of nitrogens with one attached hydrogen (secondary N) is 2. The lowest BCUT2D eigenvalue weighted by Gasteiger charge is -2.33. The third-order valence-electron chi connectivity index (χ3n) is 4.62. The van der Waals surface area contributed by atoms with Gasteiger partial charge in [0.15, 0.2) is 16.1 Å². The first-order valence-electron chi connectivity index (χ1n) is 8.57. The lowest BCUT2D eigenvalue weighted by atomic mass is 9.80. The van der Waals surface area contributed by atoms with Crippen LogP contribution in [-0.4, -0.2) is 21.3 Å². The Morgan fingerprint density at radius 2 is 2.12 bits per heavy atom. The van der Waals surface area contributed by atoms with Crippen molar-refractivity contribution in [1.82, 2.24) is 4.98 Å². The number of hydrogen-bond acceptors (Lipinski definition) is 5. The highest BCUT2D eigenvalue weighted by Crippen LogP contribution is 2.31. The highest BCUT2D eigenvalue weighted by Gasteiger charge is 2.26. The van der Waals surface area contributed by atoms with Crippen molar-refractivity contribution in [3.05, 3.63) is 34.5 Å². The van der Waals surface area contributed by atoms with Crippen LogP contribution in [0, 0.1) is 5.82 Å². The SMILES string of the molecule is NC1(CCNc2cc(F)c(S(=O)Nc3nccs3)cc2Cl)CCCCC1. The number of benzene rings is 1. The summed E-state index contributed by atoms with van der Waals surface area (Å²) in [6.07, 6.45) is 8.02. The van der Waals surface area contributed by atoms with E-state index in [0.29, 0.717) is 22.4 Å². The Kier molecular flexibility index (Phi) is 6.50. The Morgan fingerprint density at radius 1 is 1.35 bits per heavy atom. The van der Waals surface area contributed by atoms with Gasteiger partial charge in [-0.2, -0.15) is 0 Å². The summed E-state index contributed by atoms with van der Waals surface area (Å²) >= 11 is 7.54. The first-order chi connectivity index (χ1) is 12.5. The molecule has 1 aromatic heterocycles. The van der Waals surface area contributed by atoms with E-state index >= 15 is 0 Å². The van der Waals surface area contributed by atoms with Crippen LogP contribution in [0.3, 0.4) is 0 Å². The maximum atomic E-state index is 14.4. The first-order valence-corrected chi connectivity index (χ1v) is 11.0. The van der Waals surface area contributed by atoms with E-state index in [1.54, 1.807) is 11.6 Å². The number of halogens is 2. The van der Waals surface area contributed by atoms with Gasteiger partial charge in [-0.1, -0.05) is 30.9 Å². The van der Waals surface area contributed by atoms with E-state index in [1.165, 1.54) is 42.7 Å². The number of aromatic nitrogens is 1. The maximum Gasteiger partial charge on any atom is 0.194 e. The molecule has 2 aromatic rings. The van der Waals surface area contributed by atoms with E-state index in [2.05, 4.69) is 15.0 Å². The molecule has 3 rings (SSSR count). The monoisotopic (exact) mass is 416 g/mol. The lowest BCUT2D eigenvalue weighted by Crippen LogP contribution is -2.43. The summed E-state index contributed by atoms with van der Waals surface area (Å²) in [5, 5.41) is 5.68. The average Bonchev–Trinajstić information content (AvgIpc) is 3.11. The van der Waals surface area contributed by atoms with Crippen LogP contribution < -0.4 is 15.8 Å². The van der Waals surface area contributed by atoms with Gasteiger partial charge in [-0.3, -0.25) is 4.72 Å². The topological polar surface area (TPSA) is 80.0 Å². The number of nitrogens with two attached hydrogens (primary N) is 1. The number of rotatable bonds is 7. The molecule has 0 spiro atoms. The fourth-order valence-corrected chi connectivity index (χ4v) is 5.04. The van der Waals surface area contributed by atoms with Crippen molar-refractivity contribution in [1.29, 1.82) is 0 Å². The van der Waals surface area contributed by atoms with Crippen LogP contribution in [0.25, 0.3) is 0 Å². The van der Waals surface area contributed by atoms with E-state index in [9.17, 15) is 8.60 Å². The Labute approximate surface area is 164 Å². The Hall–Kier alpha value is -1.22. The zero-order valence-electron chi connectivity index (χ0n) is 14.3. The lowest BCUT2D eigenvalue weighted by molar-refractivity contribution is 0.284. The standard InChI is InChI=1S/C17H22ClFN4OS2/c18-12-10-15(26(24)23-16-22-8-9-25-16)13(19)11-14(12)21-7-6-17(20)4-2-1-3-5-17/h8-11,21H,1-7,20H2,(H,22,23). The largest absolute Gasteiger partial charge is 0.384 e. The van der Waals surface area contributed by atoms with Crippen molar-refractivity contribution >= 4 is 44.7 Å². The van der Waals surface area contributed by atoms with Crippen LogP contribution in [-0.2, 0) is 11.0 Å². The average molecular weight is 417 g/mol. The smallest absolute Gasteiger partial charge is 0.194 e. The molecule has 1 aromatic carbocycles. The van der Waals surface area contributed by atoms with Crippen LogP contribution in [0.2, 0.25) is 5.02 Å². The molecule has 5 nitrogen and oxygen atoms in total. The summed E-state index contributed by atoms with van der Waals surface area (Å²) in [6.45, 7) is 0.620. The second-order valence-electron chi connectivity index (χ2n) is 6.57. The van der Waals surface area contributed by atoms with Crippen LogP contribution in [0.5, 0.6) is 0 Å². The van der Waals surface area contributed by atoms with Crippen molar-refractivity contribution in [2.24, 2.45) is 5.73 Å². The summed E-state index contributed by atoms with van der Waals surface area (Å²) in [7, 11) is -1.77. The van der Waals surface area contributed by atoms with Gasteiger partial charge < -0.3 is 11.1 Å². The minimum atomic E-state index is -1.77. The van der Waals surface area contributed by atoms with Gasteiger partial charge in [-0.05, 0) is 31.4 Å². The van der Waals surface area contributed by atoms with E-state index in [4.69, 9.17) is 17.3 Å². The number of anilines is 2. The quantitative estimate of drug-likeness (QED) is 0.619. The predicted octanol–water partition coefficient (Wildman–Crippen LogP) is 4.53. The summed E-state index contributed by atoms with van der Waals surface area (Å²) in [6, 6.07) is 2.66. The van der Waals surface area contributed by atoms with E-state index in [0.717, 1.165) is 19.3 Å². The Bertz CT molecular complexity index is 766. The molecule has 142 valence electrons. The van der Waals surface area contributed by atoms with Gasteiger partial charge in [-0.15, -0.1) is 11.3 Å². The summed E-state index contributed by atoms with van der Waals surface area (Å²) < 4.78 is 29.3. The molecular formula is C17H22ClFN4OS2. The molecule has 26 heavy (non-hydrogen) atoms. The van der Waals surface area contributed by atoms with Gasteiger partial charge in [0.2, 0.25) is 0 Å². The van der Waals surface area contributed by atoms with E-state index in [-0.39, 0.29) is 10.4 Å². The van der Waals surface area contributed by atoms with Gasteiger partial charge in [0.25, 0.3) is 0 Å². The maximum absolute atomic E-state index is 14.4. The minimum Gasteiger partial charge on any atom is -0.384 e. The molecule has 1 atom stereocenters. The van der Waals surface area contributed by atoms with Gasteiger partial charge in [0.05, 0.1) is 15.6 Å². The zero-order valence-corrected chi connectivity index (χ0v) is 16.7. The number of nitrogens with zero attached hydrogens (tertiary/aromatic N) is 1. The fraction of sp³-hybridized carbons (Fsp3) is 0.471. The highest BCUT2D eigenvalue weighted by atomic mass is 35.5. The highest BCUT2D eigenvalue weighted by molar-refractivity contribution is 7.86. The van der Waals surface area contributed by atoms with Gasteiger partial charge in [-0.25, -0.2) is 13.6 Å². The molecule has 0 radical (unpaired) electrons. The third kappa shape index (κ3) is 4.94. The molecule has 0 saturated heterocycles. The van der Waals surface area contributed by atoms with Crippen molar-refractivity contribution in [3.63, 3.8) is 0 Å². The predicted molar refractivity (Wildman–Crippen MR) is 107 cm³/mol. The van der Waals surface area contributed by atoms with Crippen LogP contribution >= 0.6 is 22.9 Å². The van der Waals surface area contributed by atoms with Crippen LogP contribution in [0.4, 0.5) is 15.2 Å². The number of hydrogen-bond donors (Lipinski definition) is 3. The van der Waals surface area contributed by atoms with Crippen molar-refractivity contribution < 1.29 is 8.60 Å². The van der Waals surface area contributed by atoms with Crippen LogP contribution in [0.1, 0.15) is 38.5 Å². The normalized spacial score (nSPS) is 17.7. The molecule has 0 amide bonds. The van der Waals surface area contributed by atoms with Gasteiger partial charge in [0, 0.05) is 23.7 Å².